The summed E-state index contributed by atoms with van der Waals surface area (Å²) in [6, 6.07) is 7.28. The van der Waals surface area contributed by atoms with Crippen LogP contribution in [0.2, 0.25) is 0 Å². The van der Waals surface area contributed by atoms with Crippen LogP contribution in [0.15, 0.2) is 18.2 Å². The van der Waals surface area contributed by atoms with E-state index in [0.717, 1.165) is 24.9 Å². The minimum Gasteiger partial charge on any atom is -0.369 e. The molecular formula is C23H43N3. The van der Waals surface area contributed by atoms with Crippen molar-refractivity contribution in [2.45, 2.75) is 59.3 Å². The van der Waals surface area contributed by atoms with Gasteiger partial charge in [-0.2, -0.15) is 0 Å². The molecule has 1 aromatic carbocycles. The Morgan fingerprint density at radius 1 is 0.962 bits per heavy atom. The highest BCUT2D eigenvalue weighted by molar-refractivity contribution is 5.54. The molecule has 3 rings (SSSR count). The van der Waals surface area contributed by atoms with Crippen molar-refractivity contribution in [1.29, 1.82) is 0 Å². The molecule has 1 aromatic rings. The molecule has 0 saturated carbocycles. The number of likely N-dealkylation sites (N-methyl/N-ethyl adjacent to an activating group) is 1. The number of rotatable bonds is 4. The van der Waals surface area contributed by atoms with Gasteiger partial charge in [0.05, 0.1) is 0 Å². The van der Waals surface area contributed by atoms with Crippen LogP contribution in [0.4, 0.5) is 5.69 Å². The molecule has 2 unspecified atom stereocenters. The highest BCUT2D eigenvalue weighted by Gasteiger charge is 2.28. The molecule has 0 radical (unpaired) electrons. The second-order valence-corrected chi connectivity index (χ2v) is 7.53. The third-order valence-corrected chi connectivity index (χ3v) is 5.47. The zero-order valence-electron chi connectivity index (χ0n) is 18.7. The Bertz CT molecular complexity index is 504. The fourth-order valence-electron chi connectivity index (χ4n) is 3.99. The van der Waals surface area contributed by atoms with Crippen molar-refractivity contribution in [2.75, 3.05) is 58.8 Å². The van der Waals surface area contributed by atoms with Crippen molar-refractivity contribution in [2.24, 2.45) is 0 Å². The predicted molar refractivity (Wildman–Crippen MR) is 118 cm³/mol. The Morgan fingerprint density at radius 3 is 2.15 bits per heavy atom. The first-order chi connectivity index (χ1) is 12.5. The van der Waals surface area contributed by atoms with E-state index in [9.17, 15) is 0 Å². The summed E-state index contributed by atoms with van der Waals surface area (Å²) in [5.41, 5.74) is 4.67. The van der Waals surface area contributed by atoms with Crippen molar-refractivity contribution in [3.8, 4) is 0 Å². The molecular weight excluding hydrogens is 318 g/mol. The van der Waals surface area contributed by atoms with Gasteiger partial charge in [0.15, 0.2) is 0 Å². The molecule has 0 spiro atoms. The highest BCUT2D eigenvalue weighted by atomic mass is 15.2. The Kier molecular flexibility index (Phi) is 10.3. The molecule has 1 aliphatic heterocycles. The number of hydrogen-bond acceptors (Lipinski definition) is 3. The zero-order valence-corrected chi connectivity index (χ0v) is 18.7. The van der Waals surface area contributed by atoms with Crippen molar-refractivity contribution < 1.29 is 0 Å². The highest BCUT2D eigenvalue weighted by Crippen LogP contribution is 2.44. The summed E-state index contributed by atoms with van der Waals surface area (Å²) in [5, 5.41) is 0. The van der Waals surface area contributed by atoms with Gasteiger partial charge in [0.1, 0.15) is 0 Å². The van der Waals surface area contributed by atoms with E-state index in [-0.39, 0.29) is 0 Å². The Morgan fingerprint density at radius 2 is 1.58 bits per heavy atom. The van der Waals surface area contributed by atoms with E-state index in [4.69, 9.17) is 0 Å². The van der Waals surface area contributed by atoms with E-state index in [1.807, 2.05) is 27.7 Å². The van der Waals surface area contributed by atoms with Crippen molar-refractivity contribution >= 4 is 5.69 Å². The predicted octanol–water partition coefficient (Wildman–Crippen LogP) is 5.03. The second kappa shape index (κ2) is 11.6. The molecule has 0 amide bonds. The van der Waals surface area contributed by atoms with Gasteiger partial charge < -0.3 is 14.7 Å². The Labute approximate surface area is 163 Å². The molecule has 0 bridgehead atoms. The maximum atomic E-state index is 2.56. The monoisotopic (exact) mass is 361 g/mol. The lowest BCUT2D eigenvalue weighted by molar-refractivity contribution is 0.313. The van der Waals surface area contributed by atoms with Crippen LogP contribution < -0.4 is 4.90 Å². The number of fused-ring (bicyclic) bond motifs is 1. The number of anilines is 1. The number of piperazine rings is 1. The maximum Gasteiger partial charge on any atom is 0.0370 e. The van der Waals surface area contributed by atoms with Gasteiger partial charge in [-0.3, -0.25) is 0 Å². The lowest BCUT2D eigenvalue weighted by Crippen LogP contribution is -2.44. The molecule has 26 heavy (non-hydrogen) atoms. The zero-order chi connectivity index (χ0) is 19.7. The Hall–Kier alpha value is -1.06. The molecule has 1 aliphatic carbocycles. The van der Waals surface area contributed by atoms with Gasteiger partial charge >= 0.3 is 0 Å². The van der Waals surface area contributed by atoms with E-state index in [0.29, 0.717) is 0 Å². The third-order valence-electron chi connectivity index (χ3n) is 5.47. The summed E-state index contributed by atoms with van der Waals surface area (Å²) in [4.78, 5) is 7.28. The van der Waals surface area contributed by atoms with E-state index in [1.54, 1.807) is 11.1 Å². The van der Waals surface area contributed by atoms with Crippen LogP contribution in [0.25, 0.3) is 0 Å². The fraction of sp³-hybridized carbons (Fsp3) is 0.739. The van der Waals surface area contributed by atoms with E-state index in [2.05, 4.69) is 61.0 Å². The smallest absolute Gasteiger partial charge is 0.0370 e. The maximum absolute atomic E-state index is 2.56. The van der Waals surface area contributed by atoms with Gasteiger partial charge in [0.25, 0.3) is 0 Å². The summed E-state index contributed by atoms with van der Waals surface area (Å²) in [5.74, 6) is 1.48. The minimum atomic E-state index is 0.717. The number of benzene rings is 1. The molecule has 150 valence electrons. The van der Waals surface area contributed by atoms with Gasteiger partial charge in [0.2, 0.25) is 0 Å². The normalized spacial score (nSPS) is 22.3. The van der Waals surface area contributed by atoms with Crippen LogP contribution in [-0.4, -0.2) is 63.7 Å². The van der Waals surface area contributed by atoms with Gasteiger partial charge in [0, 0.05) is 31.9 Å². The quantitative estimate of drug-likeness (QED) is 0.744. The van der Waals surface area contributed by atoms with E-state index in [1.165, 1.54) is 38.2 Å². The van der Waals surface area contributed by atoms with Crippen molar-refractivity contribution in [3.05, 3.63) is 29.3 Å². The van der Waals surface area contributed by atoms with Crippen LogP contribution in [0.3, 0.4) is 0 Å². The minimum absolute atomic E-state index is 0.717. The summed E-state index contributed by atoms with van der Waals surface area (Å²) >= 11 is 0. The molecule has 1 fully saturated rings. The molecule has 3 heteroatoms. The van der Waals surface area contributed by atoms with Crippen LogP contribution in [-0.2, 0) is 0 Å². The lowest BCUT2D eigenvalue weighted by Gasteiger charge is -2.34. The summed E-state index contributed by atoms with van der Waals surface area (Å²) in [6.07, 6.45) is 2.62. The first kappa shape index (κ1) is 23.0. The van der Waals surface area contributed by atoms with E-state index >= 15 is 0 Å². The summed E-state index contributed by atoms with van der Waals surface area (Å²) in [7, 11) is 6.57. The largest absolute Gasteiger partial charge is 0.369 e. The lowest BCUT2D eigenvalue weighted by atomic mass is 9.97. The first-order valence-corrected chi connectivity index (χ1v) is 10.8. The molecule has 1 heterocycles. The average molecular weight is 362 g/mol. The summed E-state index contributed by atoms with van der Waals surface area (Å²) < 4.78 is 0. The topological polar surface area (TPSA) is 9.72 Å². The van der Waals surface area contributed by atoms with Gasteiger partial charge in [-0.1, -0.05) is 40.7 Å². The van der Waals surface area contributed by atoms with Gasteiger partial charge in [-0.05, 0) is 75.6 Å². The molecule has 3 nitrogen and oxygen atoms in total. The molecule has 0 aromatic heterocycles. The van der Waals surface area contributed by atoms with Crippen molar-refractivity contribution in [1.82, 2.24) is 9.80 Å². The third kappa shape index (κ3) is 5.99. The number of hydrogen-bond donors (Lipinski definition) is 0. The Balaban J connectivity index is 0.000000791. The van der Waals surface area contributed by atoms with Crippen molar-refractivity contribution in [3.63, 3.8) is 0 Å². The first-order valence-electron chi connectivity index (χ1n) is 10.8. The molecule has 2 aliphatic rings. The second-order valence-electron chi connectivity index (χ2n) is 7.53. The average Bonchev–Trinajstić information content (AvgIpc) is 2.99. The molecule has 1 saturated heterocycles. The molecule has 2 atom stereocenters. The van der Waals surface area contributed by atoms with Crippen LogP contribution >= 0.6 is 0 Å². The van der Waals surface area contributed by atoms with Crippen LogP contribution in [0.5, 0.6) is 0 Å². The van der Waals surface area contributed by atoms with Gasteiger partial charge in [-0.25, -0.2) is 0 Å². The SMILES string of the molecule is CC.CC.CC1CC(CCN(C)C)c2ccc(N3CCN(C)CC3)cc21. The number of nitrogens with zero attached hydrogens (tertiary/aromatic N) is 3. The van der Waals surface area contributed by atoms with Crippen LogP contribution in [0.1, 0.15) is 70.4 Å². The standard InChI is InChI=1S/C19H31N3.2C2H6/c1-15-13-16(7-8-20(2)3)18-6-5-17(14-19(15)18)22-11-9-21(4)10-12-22;2*1-2/h5-6,14-16H,7-13H2,1-4H3;2*1-2H3. The fourth-order valence-corrected chi connectivity index (χ4v) is 3.99. The van der Waals surface area contributed by atoms with E-state index < -0.39 is 0 Å². The van der Waals surface area contributed by atoms with Gasteiger partial charge in [-0.15, -0.1) is 0 Å². The summed E-state index contributed by atoms with van der Waals surface area (Å²) in [6.45, 7) is 16.3. The van der Waals surface area contributed by atoms with Crippen LogP contribution in [0, 0.1) is 0 Å². The molecule has 0 N–H and O–H groups in total.